The highest BCUT2D eigenvalue weighted by atomic mass is 35.5. The Labute approximate surface area is 120 Å². The molecule has 0 saturated heterocycles. The van der Waals surface area contributed by atoms with Crippen molar-refractivity contribution in [2.75, 3.05) is 0 Å². The molecule has 19 heavy (non-hydrogen) atoms. The molecule has 0 aliphatic heterocycles. The molecule has 3 heteroatoms. The molecule has 2 rings (SSSR count). The normalized spacial score (nSPS) is 24.7. The van der Waals surface area contributed by atoms with Crippen LogP contribution < -0.4 is 5.32 Å². The van der Waals surface area contributed by atoms with E-state index in [1.165, 1.54) is 19.3 Å². The molecule has 0 radical (unpaired) electrons. The number of hydrogen-bond donors (Lipinski definition) is 1. The minimum atomic E-state index is -0.579. The van der Waals surface area contributed by atoms with E-state index in [0.29, 0.717) is 6.04 Å². The summed E-state index contributed by atoms with van der Waals surface area (Å²) >= 11 is 6.22. The fourth-order valence-electron chi connectivity index (χ4n) is 2.76. The molecule has 0 bridgehead atoms. The molecular formula is C16H22ClNO. The van der Waals surface area contributed by atoms with Crippen molar-refractivity contribution in [1.82, 2.24) is 5.32 Å². The van der Waals surface area contributed by atoms with Crippen LogP contribution in [-0.2, 0) is 4.79 Å². The molecule has 1 amide bonds. The molecule has 1 saturated carbocycles. The number of benzene rings is 1. The predicted molar refractivity (Wildman–Crippen MR) is 79.2 cm³/mol. The van der Waals surface area contributed by atoms with Gasteiger partial charge in [0.25, 0.3) is 0 Å². The molecule has 104 valence electrons. The molecule has 1 aromatic carbocycles. The van der Waals surface area contributed by atoms with Crippen LogP contribution in [0.1, 0.15) is 50.0 Å². The fraction of sp³-hybridized carbons (Fsp3) is 0.562. The van der Waals surface area contributed by atoms with E-state index in [2.05, 4.69) is 12.2 Å². The number of carbonyl (C=O) groups excluding carboxylic acids is 1. The molecule has 1 fully saturated rings. The molecule has 1 aliphatic carbocycles. The Morgan fingerprint density at radius 2 is 1.89 bits per heavy atom. The highest BCUT2D eigenvalue weighted by Crippen LogP contribution is 2.27. The SMILES string of the molecule is CCC1CCC(NC(=O)C(Cl)c2ccccc2)CC1. The smallest absolute Gasteiger partial charge is 0.242 e. The first-order valence-electron chi connectivity index (χ1n) is 7.20. The van der Waals surface area contributed by atoms with Crippen LogP contribution in [0.25, 0.3) is 0 Å². The lowest BCUT2D eigenvalue weighted by atomic mass is 9.84. The van der Waals surface area contributed by atoms with Crippen molar-refractivity contribution in [3.05, 3.63) is 35.9 Å². The molecule has 1 atom stereocenters. The van der Waals surface area contributed by atoms with Crippen LogP contribution in [0.5, 0.6) is 0 Å². The fourth-order valence-corrected chi connectivity index (χ4v) is 2.97. The van der Waals surface area contributed by atoms with Crippen molar-refractivity contribution in [2.24, 2.45) is 5.92 Å². The van der Waals surface area contributed by atoms with Crippen molar-refractivity contribution >= 4 is 17.5 Å². The number of rotatable bonds is 4. The van der Waals surface area contributed by atoms with Crippen LogP contribution in [0, 0.1) is 5.92 Å². The molecule has 1 aromatic rings. The van der Waals surface area contributed by atoms with Gasteiger partial charge in [0.1, 0.15) is 5.38 Å². The third-order valence-corrected chi connectivity index (χ3v) is 4.54. The molecule has 1 N–H and O–H groups in total. The first kappa shape index (κ1) is 14.4. The van der Waals surface area contributed by atoms with Crippen LogP contribution >= 0.6 is 11.6 Å². The van der Waals surface area contributed by atoms with Crippen LogP contribution in [0.4, 0.5) is 0 Å². The summed E-state index contributed by atoms with van der Waals surface area (Å²) in [4.78, 5) is 12.1. The summed E-state index contributed by atoms with van der Waals surface area (Å²) in [5, 5.41) is 2.51. The van der Waals surface area contributed by atoms with Gasteiger partial charge in [0, 0.05) is 6.04 Å². The zero-order chi connectivity index (χ0) is 13.7. The Balaban J connectivity index is 1.85. The van der Waals surface area contributed by atoms with Gasteiger partial charge in [-0.15, -0.1) is 11.6 Å². The van der Waals surface area contributed by atoms with Gasteiger partial charge in [-0.2, -0.15) is 0 Å². The van der Waals surface area contributed by atoms with Gasteiger partial charge in [0.15, 0.2) is 0 Å². The zero-order valence-electron chi connectivity index (χ0n) is 11.4. The average molecular weight is 280 g/mol. The minimum Gasteiger partial charge on any atom is -0.352 e. The first-order chi connectivity index (χ1) is 9.20. The third-order valence-electron chi connectivity index (χ3n) is 4.09. The van der Waals surface area contributed by atoms with Gasteiger partial charge < -0.3 is 5.32 Å². The topological polar surface area (TPSA) is 29.1 Å². The molecule has 1 unspecified atom stereocenters. The van der Waals surface area contributed by atoms with Gasteiger partial charge in [-0.25, -0.2) is 0 Å². The summed E-state index contributed by atoms with van der Waals surface area (Å²) in [7, 11) is 0. The van der Waals surface area contributed by atoms with Crippen LogP contribution in [0.3, 0.4) is 0 Å². The van der Waals surface area contributed by atoms with Crippen molar-refractivity contribution in [2.45, 2.75) is 50.4 Å². The van der Waals surface area contributed by atoms with E-state index in [0.717, 1.165) is 24.3 Å². The summed E-state index contributed by atoms with van der Waals surface area (Å²) in [5.74, 6) is 0.780. The van der Waals surface area contributed by atoms with Gasteiger partial charge in [0.2, 0.25) is 5.91 Å². The van der Waals surface area contributed by atoms with Crippen molar-refractivity contribution in [1.29, 1.82) is 0 Å². The Hall–Kier alpha value is -1.02. The van der Waals surface area contributed by atoms with Gasteiger partial charge in [-0.3, -0.25) is 4.79 Å². The van der Waals surface area contributed by atoms with Gasteiger partial charge >= 0.3 is 0 Å². The quantitative estimate of drug-likeness (QED) is 0.828. The standard InChI is InChI=1S/C16H22ClNO/c1-2-12-8-10-14(11-9-12)18-16(19)15(17)13-6-4-3-5-7-13/h3-7,12,14-15H,2,8-11H2,1H3,(H,18,19). The second-order valence-electron chi connectivity index (χ2n) is 5.41. The van der Waals surface area contributed by atoms with Crippen molar-refractivity contribution < 1.29 is 4.79 Å². The van der Waals surface area contributed by atoms with E-state index < -0.39 is 5.38 Å². The minimum absolute atomic E-state index is 0.0622. The molecule has 1 aliphatic rings. The maximum atomic E-state index is 12.1. The number of nitrogens with one attached hydrogen (secondary N) is 1. The monoisotopic (exact) mass is 279 g/mol. The van der Waals surface area contributed by atoms with E-state index in [9.17, 15) is 4.79 Å². The van der Waals surface area contributed by atoms with E-state index >= 15 is 0 Å². The first-order valence-corrected chi connectivity index (χ1v) is 7.63. The van der Waals surface area contributed by atoms with E-state index in [1.807, 2.05) is 30.3 Å². The second-order valence-corrected chi connectivity index (χ2v) is 5.84. The number of carbonyl (C=O) groups is 1. The molecule has 2 nitrogen and oxygen atoms in total. The Kier molecular flexibility index (Phi) is 5.26. The van der Waals surface area contributed by atoms with E-state index in [-0.39, 0.29) is 5.91 Å². The summed E-state index contributed by atoms with van der Waals surface area (Å²) < 4.78 is 0. The molecule has 0 aromatic heterocycles. The van der Waals surface area contributed by atoms with Crippen LogP contribution in [0.15, 0.2) is 30.3 Å². The number of amides is 1. The summed E-state index contributed by atoms with van der Waals surface area (Å²) in [6.45, 7) is 2.24. The average Bonchev–Trinajstić information content (AvgIpc) is 2.48. The van der Waals surface area contributed by atoms with Crippen LogP contribution in [-0.4, -0.2) is 11.9 Å². The van der Waals surface area contributed by atoms with Gasteiger partial charge in [-0.05, 0) is 37.2 Å². The Bertz CT molecular complexity index is 398. The Morgan fingerprint density at radius 3 is 2.47 bits per heavy atom. The number of hydrogen-bond acceptors (Lipinski definition) is 1. The maximum Gasteiger partial charge on any atom is 0.242 e. The number of alkyl halides is 1. The van der Waals surface area contributed by atoms with Crippen molar-refractivity contribution in [3.63, 3.8) is 0 Å². The third kappa shape index (κ3) is 3.97. The number of halogens is 1. The van der Waals surface area contributed by atoms with Gasteiger partial charge in [-0.1, -0.05) is 43.7 Å². The maximum absolute atomic E-state index is 12.1. The predicted octanol–water partition coefficient (Wildman–Crippen LogP) is 4.05. The van der Waals surface area contributed by atoms with E-state index in [4.69, 9.17) is 11.6 Å². The largest absolute Gasteiger partial charge is 0.352 e. The highest BCUT2D eigenvalue weighted by Gasteiger charge is 2.24. The van der Waals surface area contributed by atoms with Gasteiger partial charge in [0.05, 0.1) is 0 Å². The molecule has 0 spiro atoms. The van der Waals surface area contributed by atoms with Crippen molar-refractivity contribution in [3.8, 4) is 0 Å². The molecule has 0 heterocycles. The summed E-state index contributed by atoms with van der Waals surface area (Å²) in [6.07, 6.45) is 5.87. The highest BCUT2D eigenvalue weighted by molar-refractivity contribution is 6.30. The Morgan fingerprint density at radius 1 is 1.26 bits per heavy atom. The lowest BCUT2D eigenvalue weighted by molar-refractivity contribution is -0.121. The molecular weight excluding hydrogens is 258 g/mol. The summed E-state index contributed by atoms with van der Waals surface area (Å²) in [6, 6.07) is 9.84. The van der Waals surface area contributed by atoms with E-state index in [1.54, 1.807) is 0 Å². The lowest BCUT2D eigenvalue weighted by Crippen LogP contribution is -2.39. The summed E-state index contributed by atoms with van der Waals surface area (Å²) in [5.41, 5.74) is 0.865. The lowest BCUT2D eigenvalue weighted by Gasteiger charge is -2.29. The second kappa shape index (κ2) is 6.95. The van der Waals surface area contributed by atoms with Crippen LogP contribution in [0.2, 0.25) is 0 Å². The zero-order valence-corrected chi connectivity index (χ0v) is 12.2.